The minimum absolute atomic E-state index is 0.283. The predicted octanol–water partition coefficient (Wildman–Crippen LogP) is 3.26. The Kier molecular flexibility index (Phi) is 4.81. The molecule has 0 aliphatic rings. The van der Waals surface area contributed by atoms with E-state index in [0.717, 1.165) is 14.7 Å². The van der Waals surface area contributed by atoms with E-state index in [-0.39, 0.29) is 5.97 Å². The van der Waals surface area contributed by atoms with Gasteiger partial charge in [-0.2, -0.15) is 0 Å². The highest BCUT2D eigenvalue weighted by atomic mass is 127. The maximum absolute atomic E-state index is 11.2. The average Bonchev–Trinajstić information content (AvgIpc) is 2.18. The summed E-state index contributed by atoms with van der Waals surface area (Å²) in [5.74, 6) is -0.283. The first-order chi connectivity index (χ1) is 7.15. The lowest BCUT2D eigenvalue weighted by Gasteiger charge is -2.04. The van der Waals surface area contributed by atoms with E-state index in [1.54, 1.807) is 6.92 Å². The summed E-state index contributed by atoms with van der Waals surface area (Å²) in [5, 5.41) is 0. The Morgan fingerprint density at radius 2 is 2.13 bits per heavy atom. The van der Waals surface area contributed by atoms with E-state index in [1.807, 2.05) is 31.2 Å². The molecule has 0 saturated heterocycles. The number of carbonyl (C=O) groups is 1. The van der Waals surface area contributed by atoms with Crippen molar-refractivity contribution in [3.05, 3.63) is 39.5 Å². The topological polar surface area (TPSA) is 26.3 Å². The Labute approximate surface area is 103 Å². The lowest BCUT2D eigenvalue weighted by molar-refractivity contribution is -0.137. The highest BCUT2D eigenvalue weighted by molar-refractivity contribution is 14.1. The van der Waals surface area contributed by atoms with Crippen molar-refractivity contribution >= 4 is 34.1 Å². The highest BCUT2D eigenvalue weighted by Gasteiger charge is 2.03. The summed E-state index contributed by atoms with van der Waals surface area (Å²) < 4.78 is 5.99. The molecule has 0 unspecified atom stereocenters. The van der Waals surface area contributed by atoms with Crippen LogP contribution in [0, 0.1) is 3.57 Å². The Bertz CT molecular complexity index is 383. The molecule has 0 bridgehead atoms. The summed E-state index contributed by atoms with van der Waals surface area (Å²) in [5.41, 5.74) is 2.00. The van der Waals surface area contributed by atoms with Gasteiger partial charge < -0.3 is 4.74 Å². The van der Waals surface area contributed by atoms with Crippen LogP contribution in [-0.2, 0) is 9.53 Å². The molecule has 1 rings (SSSR count). The van der Waals surface area contributed by atoms with Gasteiger partial charge in [0, 0.05) is 9.65 Å². The number of benzene rings is 1. The Balaban J connectivity index is 2.89. The minimum Gasteiger partial charge on any atom is -0.463 e. The summed E-state index contributed by atoms with van der Waals surface area (Å²) in [4.78, 5) is 11.2. The second-order valence-corrected chi connectivity index (χ2v) is 4.22. The summed E-state index contributed by atoms with van der Waals surface area (Å²) >= 11 is 2.25. The van der Waals surface area contributed by atoms with Gasteiger partial charge in [-0.05, 0) is 53.6 Å². The predicted molar refractivity (Wildman–Crippen MR) is 69.4 cm³/mol. The van der Waals surface area contributed by atoms with Gasteiger partial charge in [0.15, 0.2) is 0 Å². The second-order valence-electron chi connectivity index (χ2n) is 3.06. The van der Waals surface area contributed by atoms with Crippen molar-refractivity contribution in [2.45, 2.75) is 13.8 Å². The highest BCUT2D eigenvalue weighted by Crippen LogP contribution is 2.20. The van der Waals surface area contributed by atoms with E-state index in [9.17, 15) is 4.79 Å². The maximum atomic E-state index is 11.2. The van der Waals surface area contributed by atoms with Crippen molar-refractivity contribution in [3.8, 4) is 0 Å². The van der Waals surface area contributed by atoms with E-state index in [4.69, 9.17) is 4.74 Å². The lowest BCUT2D eigenvalue weighted by Crippen LogP contribution is -2.00. The van der Waals surface area contributed by atoms with Gasteiger partial charge in [-0.3, -0.25) is 0 Å². The standard InChI is InChI=1S/C12H13IO2/c1-3-15-12(14)8-9(2)10-6-4-5-7-11(10)13/h4-8H,3H2,1-2H3/b9-8+. The van der Waals surface area contributed by atoms with Gasteiger partial charge in [0.1, 0.15) is 0 Å². The fourth-order valence-corrected chi connectivity index (χ4v) is 2.03. The number of halogens is 1. The van der Waals surface area contributed by atoms with Crippen LogP contribution in [0.2, 0.25) is 0 Å². The SMILES string of the molecule is CCOC(=O)/C=C(\C)c1ccccc1I. The molecule has 0 spiro atoms. The number of rotatable bonds is 3. The number of ether oxygens (including phenoxy) is 1. The first kappa shape index (κ1) is 12.2. The fourth-order valence-electron chi connectivity index (χ4n) is 1.22. The van der Waals surface area contributed by atoms with Gasteiger partial charge in [-0.1, -0.05) is 18.2 Å². The first-order valence-electron chi connectivity index (χ1n) is 4.75. The van der Waals surface area contributed by atoms with E-state index < -0.39 is 0 Å². The zero-order chi connectivity index (χ0) is 11.3. The lowest BCUT2D eigenvalue weighted by atomic mass is 10.1. The third kappa shape index (κ3) is 3.66. The van der Waals surface area contributed by atoms with Crippen molar-refractivity contribution in [3.63, 3.8) is 0 Å². The summed E-state index contributed by atoms with van der Waals surface area (Å²) in [6, 6.07) is 7.94. The van der Waals surface area contributed by atoms with Crippen molar-refractivity contribution in [2.75, 3.05) is 6.61 Å². The third-order valence-electron chi connectivity index (χ3n) is 1.92. The van der Waals surface area contributed by atoms with Crippen LogP contribution in [0.3, 0.4) is 0 Å². The van der Waals surface area contributed by atoms with Crippen LogP contribution in [0.5, 0.6) is 0 Å². The van der Waals surface area contributed by atoms with Crippen LogP contribution in [0.25, 0.3) is 5.57 Å². The summed E-state index contributed by atoms with van der Waals surface area (Å²) in [6.45, 7) is 4.12. The maximum Gasteiger partial charge on any atom is 0.331 e. The minimum atomic E-state index is -0.283. The fraction of sp³-hybridized carbons (Fsp3) is 0.250. The van der Waals surface area contributed by atoms with Crippen molar-refractivity contribution < 1.29 is 9.53 Å². The van der Waals surface area contributed by atoms with Crippen LogP contribution in [-0.4, -0.2) is 12.6 Å². The van der Waals surface area contributed by atoms with Gasteiger partial charge in [0.05, 0.1) is 6.61 Å². The van der Waals surface area contributed by atoms with Crippen LogP contribution in [0.15, 0.2) is 30.3 Å². The number of hydrogen-bond acceptors (Lipinski definition) is 2. The molecule has 0 heterocycles. The molecule has 0 radical (unpaired) electrons. The van der Waals surface area contributed by atoms with Crippen LogP contribution in [0.1, 0.15) is 19.4 Å². The van der Waals surface area contributed by atoms with Crippen molar-refractivity contribution in [2.24, 2.45) is 0 Å². The monoisotopic (exact) mass is 316 g/mol. The van der Waals surface area contributed by atoms with Crippen LogP contribution >= 0.6 is 22.6 Å². The molecule has 0 aliphatic carbocycles. The molecule has 0 N–H and O–H groups in total. The number of esters is 1. The molecule has 3 heteroatoms. The third-order valence-corrected chi connectivity index (χ3v) is 2.86. The molecule has 1 aromatic carbocycles. The normalized spacial score (nSPS) is 11.3. The molecule has 2 nitrogen and oxygen atoms in total. The second kappa shape index (κ2) is 5.90. The molecular weight excluding hydrogens is 303 g/mol. The van der Waals surface area contributed by atoms with E-state index in [0.29, 0.717) is 6.61 Å². The molecule has 80 valence electrons. The smallest absolute Gasteiger partial charge is 0.331 e. The zero-order valence-electron chi connectivity index (χ0n) is 8.79. The number of hydrogen-bond donors (Lipinski definition) is 0. The molecule has 15 heavy (non-hydrogen) atoms. The van der Waals surface area contributed by atoms with Crippen molar-refractivity contribution in [1.29, 1.82) is 0 Å². The Hall–Kier alpha value is -0.840. The molecular formula is C12H13IO2. The van der Waals surface area contributed by atoms with Crippen LogP contribution < -0.4 is 0 Å². The first-order valence-corrected chi connectivity index (χ1v) is 5.83. The van der Waals surface area contributed by atoms with Gasteiger partial charge >= 0.3 is 5.97 Å². The van der Waals surface area contributed by atoms with Gasteiger partial charge in [0.25, 0.3) is 0 Å². The summed E-state index contributed by atoms with van der Waals surface area (Å²) in [6.07, 6.45) is 1.53. The van der Waals surface area contributed by atoms with Gasteiger partial charge in [0.2, 0.25) is 0 Å². The van der Waals surface area contributed by atoms with E-state index in [1.165, 1.54) is 6.08 Å². The molecule has 0 aromatic heterocycles. The zero-order valence-corrected chi connectivity index (χ0v) is 10.9. The number of carbonyl (C=O) groups excluding carboxylic acids is 1. The molecule has 0 fully saturated rings. The van der Waals surface area contributed by atoms with E-state index >= 15 is 0 Å². The van der Waals surface area contributed by atoms with Gasteiger partial charge in [-0.25, -0.2) is 4.79 Å². The Morgan fingerprint density at radius 1 is 1.47 bits per heavy atom. The molecule has 1 aromatic rings. The molecule has 0 atom stereocenters. The largest absolute Gasteiger partial charge is 0.463 e. The Morgan fingerprint density at radius 3 is 2.73 bits per heavy atom. The molecule has 0 aliphatic heterocycles. The van der Waals surface area contributed by atoms with Crippen molar-refractivity contribution in [1.82, 2.24) is 0 Å². The van der Waals surface area contributed by atoms with Crippen LogP contribution in [0.4, 0.5) is 0 Å². The quantitative estimate of drug-likeness (QED) is 0.486. The van der Waals surface area contributed by atoms with E-state index in [2.05, 4.69) is 22.6 Å². The number of allylic oxidation sites excluding steroid dienone is 1. The molecule has 0 saturated carbocycles. The summed E-state index contributed by atoms with van der Waals surface area (Å²) in [7, 11) is 0. The van der Waals surface area contributed by atoms with Gasteiger partial charge in [-0.15, -0.1) is 0 Å². The average molecular weight is 316 g/mol. The molecule has 0 amide bonds.